The zero-order valence-electron chi connectivity index (χ0n) is 16.7. The van der Waals surface area contributed by atoms with Crippen molar-refractivity contribution in [2.24, 2.45) is 0 Å². The molecule has 6 nitrogen and oxygen atoms in total. The Bertz CT molecular complexity index is 1160. The van der Waals surface area contributed by atoms with E-state index in [9.17, 15) is 4.79 Å². The Hall–Kier alpha value is -3.67. The number of hydrogen-bond acceptors (Lipinski definition) is 3. The minimum atomic E-state index is -0.133. The molecular formula is C24H23N5O. The first kappa shape index (κ1) is 18.4. The van der Waals surface area contributed by atoms with Crippen molar-refractivity contribution in [3.63, 3.8) is 0 Å². The number of carbonyl (C=O) groups excluding carboxylic acids is 1. The maximum absolute atomic E-state index is 12.7. The molecule has 4 aromatic rings. The van der Waals surface area contributed by atoms with E-state index < -0.39 is 0 Å². The molecule has 0 atom stereocenters. The van der Waals surface area contributed by atoms with Crippen LogP contribution in [0.5, 0.6) is 0 Å². The third-order valence-electron chi connectivity index (χ3n) is 5.52. The highest BCUT2D eigenvalue weighted by Gasteiger charge is 2.16. The smallest absolute Gasteiger partial charge is 0.255 e. The summed E-state index contributed by atoms with van der Waals surface area (Å²) in [5.74, 6) is 1.80. The molecule has 0 radical (unpaired) electrons. The molecule has 0 spiro atoms. The zero-order chi connectivity index (χ0) is 20.3. The van der Waals surface area contributed by atoms with Crippen molar-refractivity contribution < 1.29 is 4.79 Å². The standard InChI is InChI=1S/C24H23N5O/c30-24(18-10-12-21(13-11-18)28-14-4-5-15-28)25-20-8-6-7-19(17-20)23-27-26-22-9-2-1-3-16-29(22)23/h4-8,10-15,17H,1-3,9,16H2,(H,25,30). The summed E-state index contributed by atoms with van der Waals surface area (Å²) in [7, 11) is 0. The summed E-state index contributed by atoms with van der Waals surface area (Å²) in [6, 6.07) is 19.3. The van der Waals surface area contributed by atoms with Gasteiger partial charge in [-0.25, -0.2) is 0 Å². The SMILES string of the molecule is O=C(Nc1cccc(-c2nnc3n2CCCCC3)c1)c1ccc(-n2cccc2)cc1. The molecule has 0 saturated carbocycles. The molecule has 2 aromatic heterocycles. The van der Waals surface area contributed by atoms with Gasteiger partial charge in [-0.15, -0.1) is 10.2 Å². The van der Waals surface area contributed by atoms with Crippen LogP contribution in [0.4, 0.5) is 5.69 Å². The molecule has 3 heterocycles. The van der Waals surface area contributed by atoms with Crippen LogP contribution in [0, 0.1) is 0 Å². The number of anilines is 1. The monoisotopic (exact) mass is 397 g/mol. The highest BCUT2D eigenvalue weighted by molar-refractivity contribution is 6.04. The Morgan fingerprint density at radius 1 is 0.900 bits per heavy atom. The van der Waals surface area contributed by atoms with E-state index in [0.717, 1.165) is 54.4 Å². The Balaban J connectivity index is 1.35. The topological polar surface area (TPSA) is 64.7 Å². The van der Waals surface area contributed by atoms with Gasteiger partial charge in [-0.3, -0.25) is 4.79 Å². The molecule has 1 amide bonds. The number of carbonyl (C=O) groups is 1. The molecule has 0 bridgehead atoms. The number of amides is 1. The van der Waals surface area contributed by atoms with E-state index in [-0.39, 0.29) is 5.91 Å². The van der Waals surface area contributed by atoms with E-state index in [2.05, 4.69) is 20.1 Å². The van der Waals surface area contributed by atoms with E-state index in [1.165, 1.54) is 6.42 Å². The highest BCUT2D eigenvalue weighted by Crippen LogP contribution is 2.25. The third kappa shape index (κ3) is 3.64. The van der Waals surface area contributed by atoms with E-state index in [4.69, 9.17) is 0 Å². The normalized spacial score (nSPS) is 13.5. The lowest BCUT2D eigenvalue weighted by atomic mass is 10.1. The molecule has 0 aliphatic carbocycles. The summed E-state index contributed by atoms with van der Waals surface area (Å²) >= 11 is 0. The van der Waals surface area contributed by atoms with Gasteiger partial charge >= 0.3 is 0 Å². The number of rotatable bonds is 4. The maximum atomic E-state index is 12.7. The van der Waals surface area contributed by atoms with Gasteiger partial charge in [-0.2, -0.15) is 0 Å². The van der Waals surface area contributed by atoms with Gasteiger partial charge in [0, 0.05) is 47.9 Å². The molecule has 1 aliphatic heterocycles. The Labute approximate surface area is 175 Å². The highest BCUT2D eigenvalue weighted by atomic mass is 16.1. The predicted molar refractivity (Wildman–Crippen MR) is 117 cm³/mol. The fraction of sp³-hybridized carbons (Fsp3) is 0.208. The lowest BCUT2D eigenvalue weighted by molar-refractivity contribution is 0.102. The van der Waals surface area contributed by atoms with Crippen molar-refractivity contribution in [1.82, 2.24) is 19.3 Å². The Morgan fingerprint density at radius 2 is 1.73 bits per heavy atom. The third-order valence-corrected chi connectivity index (χ3v) is 5.52. The van der Waals surface area contributed by atoms with Gasteiger partial charge in [0.25, 0.3) is 5.91 Å². The largest absolute Gasteiger partial charge is 0.324 e. The van der Waals surface area contributed by atoms with Gasteiger partial charge in [0.15, 0.2) is 5.82 Å². The van der Waals surface area contributed by atoms with Crippen LogP contribution in [0.15, 0.2) is 73.1 Å². The number of hydrogen-bond donors (Lipinski definition) is 1. The first-order chi connectivity index (χ1) is 14.8. The minimum absolute atomic E-state index is 0.133. The molecule has 5 rings (SSSR count). The number of aryl methyl sites for hydroxylation is 1. The van der Waals surface area contributed by atoms with E-state index in [1.54, 1.807) is 0 Å². The van der Waals surface area contributed by atoms with E-state index in [1.807, 2.05) is 77.6 Å². The van der Waals surface area contributed by atoms with E-state index in [0.29, 0.717) is 5.56 Å². The summed E-state index contributed by atoms with van der Waals surface area (Å²) in [4.78, 5) is 12.7. The first-order valence-electron chi connectivity index (χ1n) is 10.4. The van der Waals surface area contributed by atoms with Crippen LogP contribution in [-0.2, 0) is 13.0 Å². The number of fused-ring (bicyclic) bond motifs is 1. The average molecular weight is 397 g/mol. The van der Waals surface area contributed by atoms with Crippen molar-refractivity contribution in [1.29, 1.82) is 0 Å². The van der Waals surface area contributed by atoms with Crippen molar-refractivity contribution in [3.05, 3.63) is 84.4 Å². The zero-order valence-corrected chi connectivity index (χ0v) is 16.7. The molecule has 30 heavy (non-hydrogen) atoms. The van der Waals surface area contributed by atoms with Crippen LogP contribution in [0.1, 0.15) is 35.4 Å². The van der Waals surface area contributed by atoms with Gasteiger partial charge in [0.05, 0.1) is 0 Å². The first-order valence-corrected chi connectivity index (χ1v) is 10.4. The number of nitrogens with one attached hydrogen (secondary N) is 1. The summed E-state index contributed by atoms with van der Waals surface area (Å²) in [6.07, 6.45) is 8.47. The second-order valence-corrected chi connectivity index (χ2v) is 7.57. The fourth-order valence-corrected chi connectivity index (χ4v) is 3.93. The Kier molecular flexibility index (Phi) is 4.89. The van der Waals surface area contributed by atoms with Gasteiger partial charge in [0.1, 0.15) is 5.82 Å². The molecule has 0 fully saturated rings. The van der Waals surface area contributed by atoms with Crippen LogP contribution in [0.3, 0.4) is 0 Å². The summed E-state index contributed by atoms with van der Waals surface area (Å²) in [5, 5.41) is 11.8. The molecule has 150 valence electrons. The quantitative estimate of drug-likeness (QED) is 0.542. The molecule has 2 aromatic carbocycles. The lowest BCUT2D eigenvalue weighted by Crippen LogP contribution is -2.12. The molecular weight excluding hydrogens is 374 g/mol. The predicted octanol–water partition coefficient (Wildman–Crippen LogP) is 4.71. The van der Waals surface area contributed by atoms with Gasteiger partial charge < -0.3 is 14.5 Å². The van der Waals surface area contributed by atoms with Crippen LogP contribution < -0.4 is 5.32 Å². The summed E-state index contributed by atoms with van der Waals surface area (Å²) in [6.45, 7) is 0.946. The van der Waals surface area contributed by atoms with Crippen molar-refractivity contribution in [3.8, 4) is 17.1 Å². The summed E-state index contributed by atoms with van der Waals surface area (Å²) < 4.78 is 4.22. The average Bonchev–Trinajstić information content (AvgIpc) is 3.40. The molecule has 6 heteroatoms. The second kappa shape index (κ2) is 7.99. The molecule has 0 unspecified atom stereocenters. The van der Waals surface area contributed by atoms with Crippen molar-refractivity contribution >= 4 is 11.6 Å². The van der Waals surface area contributed by atoms with Crippen LogP contribution in [-0.4, -0.2) is 25.2 Å². The number of nitrogens with zero attached hydrogens (tertiary/aromatic N) is 4. The van der Waals surface area contributed by atoms with E-state index >= 15 is 0 Å². The fourth-order valence-electron chi connectivity index (χ4n) is 3.93. The van der Waals surface area contributed by atoms with Gasteiger partial charge in [-0.1, -0.05) is 18.6 Å². The molecule has 0 saturated heterocycles. The van der Waals surface area contributed by atoms with Gasteiger partial charge in [0.2, 0.25) is 0 Å². The Morgan fingerprint density at radius 3 is 2.57 bits per heavy atom. The number of aromatic nitrogens is 4. The van der Waals surface area contributed by atoms with Crippen molar-refractivity contribution in [2.45, 2.75) is 32.2 Å². The van der Waals surface area contributed by atoms with Crippen LogP contribution in [0.2, 0.25) is 0 Å². The minimum Gasteiger partial charge on any atom is -0.324 e. The lowest BCUT2D eigenvalue weighted by Gasteiger charge is -2.10. The van der Waals surface area contributed by atoms with Crippen LogP contribution >= 0.6 is 0 Å². The summed E-state index contributed by atoms with van der Waals surface area (Å²) in [5.41, 5.74) is 3.35. The van der Waals surface area contributed by atoms with Gasteiger partial charge in [-0.05, 0) is 61.4 Å². The molecule has 1 aliphatic rings. The number of benzene rings is 2. The second-order valence-electron chi connectivity index (χ2n) is 7.57. The van der Waals surface area contributed by atoms with Crippen LogP contribution in [0.25, 0.3) is 17.1 Å². The molecule has 1 N–H and O–H groups in total. The maximum Gasteiger partial charge on any atom is 0.255 e. The van der Waals surface area contributed by atoms with Crippen molar-refractivity contribution in [2.75, 3.05) is 5.32 Å².